The molecule has 0 saturated carbocycles. The van der Waals surface area contributed by atoms with Crippen LogP contribution >= 0.6 is 15.9 Å². The lowest BCUT2D eigenvalue weighted by Gasteiger charge is -2.34. The third-order valence-corrected chi connectivity index (χ3v) is 5.12. The zero-order valence-electron chi connectivity index (χ0n) is 12.7. The number of anilines is 1. The van der Waals surface area contributed by atoms with Gasteiger partial charge in [0.2, 0.25) is 5.91 Å². The first kappa shape index (κ1) is 15.7. The molecule has 1 amide bonds. The molecule has 0 radical (unpaired) electrons. The van der Waals surface area contributed by atoms with Crippen molar-refractivity contribution in [1.82, 2.24) is 15.6 Å². The molecule has 3 rings (SSSR count). The lowest BCUT2D eigenvalue weighted by atomic mass is 9.98. The SMILES string of the molecule is O=C(NCC1CCCN(c2ncccc2Br)C1)C1CCCN1. The monoisotopic (exact) mass is 366 g/mol. The van der Waals surface area contributed by atoms with Crippen molar-refractivity contribution < 1.29 is 4.79 Å². The summed E-state index contributed by atoms with van der Waals surface area (Å²) >= 11 is 3.58. The maximum absolute atomic E-state index is 12.1. The van der Waals surface area contributed by atoms with Gasteiger partial charge in [-0.15, -0.1) is 0 Å². The maximum Gasteiger partial charge on any atom is 0.237 e. The topological polar surface area (TPSA) is 57.3 Å². The summed E-state index contributed by atoms with van der Waals surface area (Å²) in [6, 6.07) is 3.98. The highest BCUT2D eigenvalue weighted by Gasteiger charge is 2.25. The average molecular weight is 367 g/mol. The Hall–Kier alpha value is -1.14. The van der Waals surface area contributed by atoms with Crippen molar-refractivity contribution in [2.24, 2.45) is 5.92 Å². The van der Waals surface area contributed by atoms with Crippen LogP contribution in [0.25, 0.3) is 0 Å². The Bertz CT molecular complexity index is 519. The van der Waals surface area contributed by atoms with Gasteiger partial charge in [0, 0.05) is 25.8 Å². The molecule has 1 aromatic heterocycles. The Morgan fingerprint density at radius 1 is 1.45 bits per heavy atom. The van der Waals surface area contributed by atoms with E-state index in [-0.39, 0.29) is 11.9 Å². The lowest BCUT2D eigenvalue weighted by molar-refractivity contribution is -0.122. The highest BCUT2D eigenvalue weighted by atomic mass is 79.9. The Kier molecular flexibility index (Phi) is 5.31. The number of carbonyl (C=O) groups is 1. The van der Waals surface area contributed by atoms with Crippen LogP contribution in [-0.4, -0.2) is 43.1 Å². The summed E-state index contributed by atoms with van der Waals surface area (Å²) in [5.74, 6) is 1.66. The van der Waals surface area contributed by atoms with Crippen molar-refractivity contribution in [2.45, 2.75) is 31.7 Å². The zero-order chi connectivity index (χ0) is 15.4. The maximum atomic E-state index is 12.1. The number of rotatable bonds is 4. The van der Waals surface area contributed by atoms with Gasteiger partial charge in [-0.2, -0.15) is 0 Å². The third-order valence-electron chi connectivity index (χ3n) is 4.50. The quantitative estimate of drug-likeness (QED) is 0.854. The molecule has 1 aromatic rings. The van der Waals surface area contributed by atoms with E-state index in [4.69, 9.17) is 0 Å². The van der Waals surface area contributed by atoms with Crippen molar-refractivity contribution in [1.29, 1.82) is 0 Å². The van der Waals surface area contributed by atoms with Gasteiger partial charge in [0.05, 0.1) is 10.5 Å². The number of nitrogens with one attached hydrogen (secondary N) is 2. The van der Waals surface area contributed by atoms with Gasteiger partial charge in [-0.05, 0) is 66.2 Å². The second kappa shape index (κ2) is 7.42. The smallest absolute Gasteiger partial charge is 0.237 e. The molecular formula is C16H23BrN4O. The van der Waals surface area contributed by atoms with Crippen LogP contribution in [0.4, 0.5) is 5.82 Å². The molecule has 2 atom stereocenters. The predicted octanol–water partition coefficient (Wildman–Crippen LogP) is 1.93. The second-order valence-corrected chi connectivity index (χ2v) is 7.01. The number of amides is 1. The fraction of sp³-hybridized carbons (Fsp3) is 0.625. The fourth-order valence-electron chi connectivity index (χ4n) is 3.31. The molecule has 2 unspecified atom stereocenters. The molecule has 2 saturated heterocycles. The van der Waals surface area contributed by atoms with Gasteiger partial charge in [0.15, 0.2) is 0 Å². The van der Waals surface area contributed by atoms with Crippen LogP contribution in [0.2, 0.25) is 0 Å². The largest absolute Gasteiger partial charge is 0.355 e. The van der Waals surface area contributed by atoms with Crippen LogP contribution in [0.5, 0.6) is 0 Å². The highest BCUT2D eigenvalue weighted by molar-refractivity contribution is 9.10. The van der Waals surface area contributed by atoms with Crippen LogP contribution < -0.4 is 15.5 Å². The van der Waals surface area contributed by atoms with Crippen LogP contribution in [-0.2, 0) is 4.79 Å². The van der Waals surface area contributed by atoms with E-state index in [0.717, 1.165) is 55.7 Å². The zero-order valence-corrected chi connectivity index (χ0v) is 14.3. The van der Waals surface area contributed by atoms with Gasteiger partial charge >= 0.3 is 0 Å². The summed E-state index contributed by atoms with van der Waals surface area (Å²) in [5.41, 5.74) is 0. The first-order valence-corrected chi connectivity index (χ1v) is 8.90. The Morgan fingerprint density at radius 2 is 2.36 bits per heavy atom. The number of aromatic nitrogens is 1. The van der Waals surface area contributed by atoms with Crippen LogP contribution in [0.1, 0.15) is 25.7 Å². The Labute approximate surface area is 140 Å². The number of hydrogen-bond donors (Lipinski definition) is 2. The van der Waals surface area contributed by atoms with Crippen LogP contribution in [0, 0.1) is 5.92 Å². The summed E-state index contributed by atoms with van der Waals surface area (Å²) in [7, 11) is 0. The van der Waals surface area contributed by atoms with Gasteiger partial charge in [-0.1, -0.05) is 0 Å². The molecule has 2 aliphatic rings. The molecule has 2 N–H and O–H groups in total. The van der Waals surface area contributed by atoms with Gasteiger partial charge in [0.25, 0.3) is 0 Å². The van der Waals surface area contributed by atoms with E-state index in [9.17, 15) is 4.79 Å². The molecule has 6 heteroatoms. The molecule has 0 bridgehead atoms. The van der Waals surface area contributed by atoms with E-state index in [1.54, 1.807) is 0 Å². The van der Waals surface area contributed by atoms with Crippen molar-refractivity contribution in [3.8, 4) is 0 Å². The molecule has 2 aliphatic heterocycles. The minimum absolute atomic E-state index is 0.0182. The lowest BCUT2D eigenvalue weighted by Crippen LogP contribution is -2.45. The molecule has 22 heavy (non-hydrogen) atoms. The number of nitrogens with zero attached hydrogens (tertiary/aromatic N) is 2. The van der Waals surface area contributed by atoms with E-state index in [1.807, 2.05) is 18.3 Å². The van der Waals surface area contributed by atoms with E-state index in [2.05, 4.69) is 36.4 Å². The van der Waals surface area contributed by atoms with Gasteiger partial charge in [0.1, 0.15) is 5.82 Å². The summed E-state index contributed by atoms with van der Waals surface area (Å²) in [6.07, 6.45) is 6.20. The van der Waals surface area contributed by atoms with E-state index >= 15 is 0 Å². The standard InChI is InChI=1S/C16H23BrN4O/c17-13-5-1-8-19-15(13)21-9-3-4-12(11-21)10-20-16(22)14-6-2-7-18-14/h1,5,8,12,14,18H,2-4,6-7,9-11H2,(H,20,22). The molecule has 120 valence electrons. The molecular weight excluding hydrogens is 344 g/mol. The van der Waals surface area contributed by atoms with Crippen molar-refractivity contribution in [3.05, 3.63) is 22.8 Å². The minimum atomic E-state index is 0.0182. The normalized spacial score (nSPS) is 25.2. The number of pyridine rings is 1. The summed E-state index contributed by atoms with van der Waals surface area (Å²) in [6.45, 7) is 3.71. The summed E-state index contributed by atoms with van der Waals surface area (Å²) < 4.78 is 1.04. The first-order chi connectivity index (χ1) is 10.7. The molecule has 0 aromatic carbocycles. The van der Waals surface area contributed by atoms with Gasteiger partial charge < -0.3 is 15.5 Å². The first-order valence-electron chi connectivity index (χ1n) is 8.10. The van der Waals surface area contributed by atoms with E-state index in [1.165, 1.54) is 6.42 Å². The van der Waals surface area contributed by atoms with Crippen molar-refractivity contribution in [2.75, 3.05) is 31.1 Å². The molecule has 5 nitrogen and oxygen atoms in total. The molecule has 2 fully saturated rings. The molecule has 3 heterocycles. The average Bonchev–Trinajstić information content (AvgIpc) is 3.08. The number of hydrogen-bond acceptors (Lipinski definition) is 4. The second-order valence-electron chi connectivity index (χ2n) is 6.16. The van der Waals surface area contributed by atoms with E-state index < -0.39 is 0 Å². The van der Waals surface area contributed by atoms with Crippen LogP contribution in [0.3, 0.4) is 0 Å². The Balaban J connectivity index is 1.52. The number of carbonyl (C=O) groups excluding carboxylic acids is 1. The molecule has 0 aliphatic carbocycles. The highest BCUT2D eigenvalue weighted by Crippen LogP contribution is 2.27. The number of halogens is 1. The van der Waals surface area contributed by atoms with Crippen molar-refractivity contribution >= 4 is 27.7 Å². The van der Waals surface area contributed by atoms with Gasteiger partial charge in [-0.25, -0.2) is 4.98 Å². The molecule has 0 spiro atoms. The van der Waals surface area contributed by atoms with Crippen molar-refractivity contribution in [3.63, 3.8) is 0 Å². The predicted molar refractivity (Wildman–Crippen MR) is 90.9 cm³/mol. The number of piperidine rings is 1. The summed E-state index contributed by atoms with van der Waals surface area (Å²) in [4.78, 5) is 18.9. The van der Waals surface area contributed by atoms with Gasteiger partial charge in [-0.3, -0.25) is 4.79 Å². The van der Waals surface area contributed by atoms with E-state index in [0.29, 0.717) is 5.92 Å². The third kappa shape index (κ3) is 3.79. The summed E-state index contributed by atoms with van der Waals surface area (Å²) in [5, 5.41) is 6.37. The minimum Gasteiger partial charge on any atom is -0.355 e. The fourth-order valence-corrected chi connectivity index (χ4v) is 3.82. The Morgan fingerprint density at radius 3 is 3.14 bits per heavy atom. The van der Waals surface area contributed by atoms with Crippen LogP contribution in [0.15, 0.2) is 22.8 Å².